The van der Waals surface area contributed by atoms with Crippen molar-refractivity contribution in [3.8, 4) is 0 Å². The average molecular weight is 443 g/mol. The largest absolute Gasteiger partial charge is 0.238 e. The number of hydrogen-bond acceptors (Lipinski definition) is 0. The van der Waals surface area contributed by atoms with Crippen LogP contribution in [0.2, 0.25) is 0 Å². The first-order valence-corrected chi connectivity index (χ1v) is 13.4. The fourth-order valence-corrected chi connectivity index (χ4v) is 6.33. The van der Waals surface area contributed by atoms with Crippen LogP contribution in [0.1, 0.15) is 109 Å². The van der Waals surface area contributed by atoms with E-state index in [0.717, 1.165) is 62.8 Å². The van der Waals surface area contributed by atoms with Crippen molar-refractivity contribution >= 4 is 0 Å². The molecule has 0 radical (unpaired) electrons. The Labute approximate surface area is 195 Å². The van der Waals surface area contributed by atoms with Crippen LogP contribution in [0.5, 0.6) is 0 Å². The lowest BCUT2D eigenvalue weighted by atomic mass is 9.54. The molecule has 178 valence electrons. The molecule has 0 nitrogen and oxygen atoms in total. The van der Waals surface area contributed by atoms with Gasteiger partial charge in [0.15, 0.2) is 0 Å². The van der Waals surface area contributed by atoms with E-state index in [0.29, 0.717) is 12.0 Å². The van der Waals surface area contributed by atoms with E-state index < -0.39 is 11.1 Å². The predicted octanol–water partition coefficient (Wildman–Crippen LogP) is 9.43. The summed E-state index contributed by atoms with van der Waals surface area (Å²) in [5, 5.41) is 0. The van der Waals surface area contributed by atoms with Gasteiger partial charge in [-0.2, -0.15) is 0 Å². The molecule has 0 saturated heterocycles. The van der Waals surface area contributed by atoms with Crippen molar-refractivity contribution in [3.05, 3.63) is 59.4 Å². The Balaban J connectivity index is 1.89. The van der Waals surface area contributed by atoms with Crippen LogP contribution >= 0.6 is 0 Å². The van der Waals surface area contributed by atoms with Gasteiger partial charge in [0.1, 0.15) is 11.5 Å². The van der Waals surface area contributed by atoms with E-state index in [4.69, 9.17) is 0 Å². The van der Waals surface area contributed by atoms with Crippen LogP contribution in [0.15, 0.2) is 42.5 Å². The highest BCUT2D eigenvalue weighted by Crippen LogP contribution is 2.55. The number of allylic oxidation sites excluding steroid dienone is 4. The summed E-state index contributed by atoms with van der Waals surface area (Å²) in [7, 11) is 0. The summed E-state index contributed by atoms with van der Waals surface area (Å²) in [4.78, 5) is 0. The third kappa shape index (κ3) is 5.20. The monoisotopic (exact) mass is 442 g/mol. The van der Waals surface area contributed by atoms with Gasteiger partial charge in [-0.1, -0.05) is 102 Å². The zero-order valence-corrected chi connectivity index (χ0v) is 20.6. The number of benzene rings is 1. The molecular weight excluding hydrogens is 398 g/mol. The van der Waals surface area contributed by atoms with E-state index >= 15 is 8.78 Å². The van der Waals surface area contributed by atoms with Gasteiger partial charge >= 0.3 is 0 Å². The molecule has 1 aromatic rings. The first-order chi connectivity index (χ1) is 15.5. The number of hydrogen-bond donors (Lipinski definition) is 0. The minimum atomic E-state index is -1.55. The molecule has 0 amide bonds. The van der Waals surface area contributed by atoms with Crippen molar-refractivity contribution in [2.45, 2.75) is 115 Å². The standard InChI is InChI=1S/C30H44F2/c1-4-7-9-13-24-15-18-26(19-16-24)30(22-12-11-21-29(30,32)6-3)27-20-17-25(23-28(27)31)14-10-8-5-2/h11-12,17,20-24,26H,4-10,13-16,18-19H2,1-3H3/t24?,26?,29-,30+/m0/s1. The topological polar surface area (TPSA) is 0 Å². The zero-order valence-electron chi connectivity index (χ0n) is 20.6. The predicted molar refractivity (Wildman–Crippen MR) is 133 cm³/mol. The van der Waals surface area contributed by atoms with Gasteiger partial charge in [-0.25, -0.2) is 8.78 Å². The second-order valence-electron chi connectivity index (χ2n) is 10.3. The molecule has 2 aliphatic rings. The van der Waals surface area contributed by atoms with Gasteiger partial charge < -0.3 is 0 Å². The highest BCUT2D eigenvalue weighted by Gasteiger charge is 2.56. The fourth-order valence-electron chi connectivity index (χ4n) is 6.33. The van der Waals surface area contributed by atoms with Crippen LogP contribution in [-0.4, -0.2) is 5.67 Å². The van der Waals surface area contributed by atoms with E-state index in [9.17, 15) is 0 Å². The quantitative estimate of drug-likeness (QED) is 0.299. The maximum atomic E-state index is 16.7. The maximum Gasteiger partial charge on any atom is 0.142 e. The van der Waals surface area contributed by atoms with E-state index in [2.05, 4.69) is 19.9 Å². The van der Waals surface area contributed by atoms with Gasteiger partial charge in [0.05, 0.1) is 5.41 Å². The molecule has 0 bridgehead atoms. The Morgan fingerprint density at radius 3 is 2.22 bits per heavy atom. The molecule has 2 atom stereocenters. The molecule has 1 fully saturated rings. The van der Waals surface area contributed by atoms with Gasteiger partial charge in [-0.3, -0.25) is 0 Å². The second kappa shape index (κ2) is 11.6. The van der Waals surface area contributed by atoms with Crippen LogP contribution < -0.4 is 0 Å². The maximum absolute atomic E-state index is 16.7. The number of halogens is 2. The highest BCUT2D eigenvalue weighted by atomic mass is 19.1. The minimum Gasteiger partial charge on any atom is -0.238 e. The normalized spacial score (nSPS) is 30.0. The fraction of sp³-hybridized carbons (Fsp3) is 0.667. The van der Waals surface area contributed by atoms with Crippen molar-refractivity contribution in [1.29, 1.82) is 0 Å². The van der Waals surface area contributed by atoms with Gasteiger partial charge in [0.2, 0.25) is 0 Å². The summed E-state index contributed by atoms with van der Waals surface area (Å²) in [6, 6.07) is 5.65. The summed E-state index contributed by atoms with van der Waals surface area (Å²) >= 11 is 0. The van der Waals surface area contributed by atoms with E-state index in [1.54, 1.807) is 12.1 Å². The van der Waals surface area contributed by atoms with Gasteiger partial charge in [-0.05, 0) is 61.6 Å². The van der Waals surface area contributed by atoms with Crippen molar-refractivity contribution in [3.63, 3.8) is 0 Å². The summed E-state index contributed by atoms with van der Waals surface area (Å²) < 4.78 is 32.3. The van der Waals surface area contributed by atoms with Crippen LogP contribution in [0, 0.1) is 17.7 Å². The number of rotatable bonds is 11. The number of unbranched alkanes of at least 4 members (excludes halogenated alkanes) is 4. The van der Waals surface area contributed by atoms with Crippen molar-refractivity contribution in [2.24, 2.45) is 11.8 Å². The van der Waals surface area contributed by atoms with Crippen molar-refractivity contribution < 1.29 is 8.78 Å². The molecule has 0 aliphatic heterocycles. The number of aryl methyl sites for hydroxylation is 1. The molecule has 2 heteroatoms. The Morgan fingerprint density at radius 2 is 1.56 bits per heavy atom. The Bertz CT molecular complexity index is 771. The van der Waals surface area contributed by atoms with Gasteiger partial charge in [0, 0.05) is 5.56 Å². The lowest BCUT2D eigenvalue weighted by Crippen LogP contribution is -2.53. The smallest absolute Gasteiger partial charge is 0.142 e. The lowest BCUT2D eigenvalue weighted by molar-refractivity contribution is 0.0508. The Hall–Kier alpha value is -1.44. The molecule has 32 heavy (non-hydrogen) atoms. The molecular formula is C30H44F2. The van der Waals surface area contributed by atoms with E-state index in [1.165, 1.54) is 25.7 Å². The third-order valence-electron chi connectivity index (χ3n) is 8.29. The summed E-state index contributed by atoms with van der Waals surface area (Å²) in [5.41, 5.74) is -0.856. The third-order valence-corrected chi connectivity index (χ3v) is 8.29. The molecule has 3 rings (SSSR count). The minimum absolute atomic E-state index is 0.136. The van der Waals surface area contributed by atoms with Crippen LogP contribution in [0.25, 0.3) is 0 Å². The van der Waals surface area contributed by atoms with E-state index in [-0.39, 0.29) is 11.7 Å². The van der Waals surface area contributed by atoms with Gasteiger partial charge in [-0.15, -0.1) is 0 Å². The van der Waals surface area contributed by atoms with Crippen molar-refractivity contribution in [2.75, 3.05) is 0 Å². The second-order valence-corrected chi connectivity index (χ2v) is 10.3. The Morgan fingerprint density at radius 1 is 0.875 bits per heavy atom. The molecule has 2 aliphatic carbocycles. The highest BCUT2D eigenvalue weighted by molar-refractivity contribution is 5.45. The number of alkyl halides is 1. The Kier molecular flexibility index (Phi) is 9.14. The van der Waals surface area contributed by atoms with E-state index in [1.807, 2.05) is 31.2 Å². The van der Waals surface area contributed by atoms with Gasteiger partial charge in [0.25, 0.3) is 0 Å². The molecule has 0 heterocycles. The molecule has 1 saturated carbocycles. The molecule has 0 N–H and O–H groups in total. The molecule has 0 unspecified atom stereocenters. The van der Waals surface area contributed by atoms with Crippen LogP contribution in [0.3, 0.4) is 0 Å². The molecule has 0 spiro atoms. The van der Waals surface area contributed by atoms with Crippen LogP contribution in [-0.2, 0) is 11.8 Å². The van der Waals surface area contributed by atoms with Crippen molar-refractivity contribution in [1.82, 2.24) is 0 Å². The lowest BCUT2D eigenvalue weighted by Gasteiger charge is -2.51. The zero-order chi connectivity index (χ0) is 23.0. The summed E-state index contributed by atoms with van der Waals surface area (Å²) in [6.07, 6.45) is 21.5. The summed E-state index contributed by atoms with van der Waals surface area (Å²) in [5.74, 6) is 0.662. The molecule has 1 aromatic carbocycles. The summed E-state index contributed by atoms with van der Waals surface area (Å²) in [6.45, 7) is 6.34. The average Bonchev–Trinajstić information content (AvgIpc) is 2.81. The first-order valence-electron chi connectivity index (χ1n) is 13.4. The molecule has 0 aromatic heterocycles. The van der Waals surface area contributed by atoms with Crippen LogP contribution in [0.4, 0.5) is 8.78 Å². The SMILES string of the molecule is CCCCCc1ccc([C@]2(C3CCC(CCCCC)CC3)C=CC=C[C@@]2(F)CC)c(F)c1. The first kappa shape index (κ1) is 25.2.